The molecule has 120 valence electrons. The standard InChI is InChI=1S/C11H19ClN4O5/c1-7(2)5-8(10(18)19)14-9(17)6-16(15-21)11(20)13-4-3-12/h7-8H,3-6H2,1-2H3,(H,13,20)(H,14,17)(H,18,19)/t8-/m0/s1. The maximum Gasteiger partial charge on any atom is 0.340 e. The molecule has 9 nitrogen and oxygen atoms in total. The first-order valence-electron chi connectivity index (χ1n) is 6.28. The Hall–Kier alpha value is -1.90. The summed E-state index contributed by atoms with van der Waals surface area (Å²) in [5.41, 5.74) is 0. The molecular weight excluding hydrogens is 304 g/mol. The molecule has 0 aliphatic rings. The zero-order valence-electron chi connectivity index (χ0n) is 11.8. The molecule has 0 aliphatic heterocycles. The molecule has 0 fully saturated rings. The van der Waals surface area contributed by atoms with Crippen LogP contribution in [0.25, 0.3) is 0 Å². The van der Waals surface area contributed by atoms with E-state index in [4.69, 9.17) is 16.7 Å². The van der Waals surface area contributed by atoms with Crippen molar-refractivity contribution in [1.82, 2.24) is 15.6 Å². The highest BCUT2D eigenvalue weighted by atomic mass is 35.5. The van der Waals surface area contributed by atoms with Gasteiger partial charge in [-0.15, -0.1) is 16.5 Å². The summed E-state index contributed by atoms with van der Waals surface area (Å²) in [6, 6.07) is -1.96. The maximum atomic E-state index is 11.7. The number of carboxylic acid groups (broad SMARTS) is 1. The number of nitrogens with zero attached hydrogens (tertiary/aromatic N) is 2. The molecule has 10 heteroatoms. The van der Waals surface area contributed by atoms with Gasteiger partial charge in [-0.2, -0.15) is 5.01 Å². The van der Waals surface area contributed by atoms with Crippen molar-refractivity contribution in [2.45, 2.75) is 26.3 Å². The molecule has 0 rings (SSSR count). The number of carboxylic acids is 1. The number of rotatable bonds is 9. The van der Waals surface area contributed by atoms with E-state index in [9.17, 15) is 19.3 Å². The minimum Gasteiger partial charge on any atom is -0.480 e. The third kappa shape index (κ3) is 8.08. The van der Waals surface area contributed by atoms with Gasteiger partial charge >= 0.3 is 12.0 Å². The molecule has 0 bridgehead atoms. The highest BCUT2D eigenvalue weighted by molar-refractivity contribution is 6.18. The van der Waals surface area contributed by atoms with E-state index in [2.05, 4.69) is 15.9 Å². The molecule has 1 atom stereocenters. The van der Waals surface area contributed by atoms with Crippen LogP contribution in [0.1, 0.15) is 20.3 Å². The average molecular weight is 323 g/mol. The number of nitroso groups, excluding NO2 is 1. The highest BCUT2D eigenvalue weighted by Gasteiger charge is 2.24. The van der Waals surface area contributed by atoms with Crippen LogP contribution in [0.4, 0.5) is 4.79 Å². The molecule has 3 amide bonds. The van der Waals surface area contributed by atoms with Crippen LogP contribution in [0.5, 0.6) is 0 Å². The average Bonchev–Trinajstić information content (AvgIpc) is 2.40. The molecule has 0 unspecified atom stereocenters. The number of amides is 3. The van der Waals surface area contributed by atoms with Crippen LogP contribution in [-0.2, 0) is 9.59 Å². The van der Waals surface area contributed by atoms with Crippen molar-refractivity contribution >= 4 is 29.5 Å². The zero-order valence-corrected chi connectivity index (χ0v) is 12.6. The molecule has 0 radical (unpaired) electrons. The predicted molar refractivity (Wildman–Crippen MR) is 75.6 cm³/mol. The van der Waals surface area contributed by atoms with Gasteiger partial charge in [-0.3, -0.25) is 4.79 Å². The Balaban J connectivity index is 4.52. The number of hydrogen-bond acceptors (Lipinski definition) is 5. The number of aliphatic carboxylic acids is 1. The topological polar surface area (TPSA) is 128 Å². The van der Waals surface area contributed by atoms with Crippen molar-refractivity contribution in [2.24, 2.45) is 11.2 Å². The number of halogens is 1. The lowest BCUT2D eigenvalue weighted by Crippen LogP contribution is -2.48. The molecule has 0 aromatic rings. The summed E-state index contributed by atoms with van der Waals surface area (Å²) in [4.78, 5) is 44.6. The van der Waals surface area contributed by atoms with Crippen LogP contribution >= 0.6 is 11.6 Å². The van der Waals surface area contributed by atoms with Crippen molar-refractivity contribution in [2.75, 3.05) is 19.0 Å². The van der Waals surface area contributed by atoms with E-state index < -0.39 is 30.5 Å². The summed E-state index contributed by atoms with van der Waals surface area (Å²) in [6.45, 7) is 3.06. The van der Waals surface area contributed by atoms with E-state index in [1.165, 1.54) is 0 Å². The van der Waals surface area contributed by atoms with Gasteiger partial charge in [0.2, 0.25) is 5.91 Å². The molecule has 0 aliphatic carbocycles. The third-order valence-electron chi connectivity index (χ3n) is 2.34. The van der Waals surface area contributed by atoms with Crippen LogP contribution in [0.2, 0.25) is 0 Å². The summed E-state index contributed by atoms with van der Waals surface area (Å²) >= 11 is 5.36. The molecule has 0 saturated heterocycles. The fourth-order valence-electron chi connectivity index (χ4n) is 1.45. The first kappa shape index (κ1) is 19.1. The molecule has 21 heavy (non-hydrogen) atoms. The van der Waals surface area contributed by atoms with Gasteiger partial charge in [0.05, 0.1) is 5.29 Å². The number of nitrogens with one attached hydrogen (secondary N) is 2. The Morgan fingerprint density at radius 3 is 2.38 bits per heavy atom. The summed E-state index contributed by atoms with van der Waals surface area (Å²) in [6.07, 6.45) is 0.230. The van der Waals surface area contributed by atoms with E-state index in [1.54, 1.807) is 13.8 Å². The Morgan fingerprint density at radius 1 is 1.33 bits per heavy atom. The van der Waals surface area contributed by atoms with Gasteiger partial charge in [0, 0.05) is 12.4 Å². The lowest BCUT2D eigenvalue weighted by molar-refractivity contribution is -0.142. The monoisotopic (exact) mass is 322 g/mol. The summed E-state index contributed by atoms with van der Waals surface area (Å²) in [5.74, 6) is -1.78. The van der Waals surface area contributed by atoms with Gasteiger partial charge < -0.3 is 15.7 Å². The lowest BCUT2D eigenvalue weighted by atomic mass is 10.0. The predicted octanol–water partition coefficient (Wildman–Crippen LogP) is 0.534. The largest absolute Gasteiger partial charge is 0.480 e. The van der Waals surface area contributed by atoms with Gasteiger partial charge in [-0.1, -0.05) is 13.8 Å². The summed E-state index contributed by atoms with van der Waals surface area (Å²) < 4.78 is 0. The maximum absolute atomic E-state index is 11.7. The number of alkyl halides is 1. The quantitative estimate of drug-likeness (QED) is 0.324. The molecule has 0 saturated carbocycles. The van der Waals surface area contributed by atoms with Gasteiger partial charge in [0.1, 0.15) is 12.6 Å². The summed E-state index contributed by atoms with van der Waals surface area (Å²) in [7, 11) is 0. The van der Waals surface area contributed by atoms with E-state index in [0.717, 1.165) is 0 Å². The normalized spacial score (nSPS) is 11.6. The first-order chi connectivity index (χ1) is 9.81. The minimum absolute atomic E-state index is 0.0544. The van der Waals surface area contributed by atoms with E-state index in [1.807, 2.05) is 0 Å². The van der Waals surface area contributed by atoms with Crippen molar-refractivity contribution in [3.8, 4) is 0 Å². The number of hydrogen-bond donors (Lipinski definition) is 3. The second kappa shape index (κ2) is 9.92. The Morgan fingerprint density at radius 2 is 1.95 bits per heavy atom. The van der Waals surface area contributed by atoms with Gasteiger partial charge in [0.15, 0.2) is 0 Å². The molecular formula is C11H19ClN4O5. The van der Waals surface area contributed by atoms with Crippen LogP contribution < -0.4 is 10.6 Å². The molecule has 0 heterocycles. The van der Waals surface area contributed by atoms with Crippen LogP contribution in [0, 0.1) is 10.8 Å². The Bertz CT molecular complexity index is 391. The van der Waals surface area contributed by atoms with Crippen molar-refractivity contribution in [3.05, 3.63) is 4.91 Å². The minimum atomic E-state index is -1.19. The highest BCUT2D eigenvalue weighted by Crippen LogP contribution is 2.05. The smallest absolute Gasteiger partial charge is 0.340 e. The Labute approximate surface area is 126 Å². The molecule has 0 aromatic heterocycles. The van der Waals surface area contributed by atoms with Crippen molar-refractivity contribution < 1.29 is 19.5 Å². The van der Waals surface area contributed by atoms with Gasteiger partial charge in [-0.05, 0) is 12.3 Å². The SMILES string of the molecule is CC(C)C[C@H](NC(=O)CN(N=O)C(=O)NCCCl)C(=O)O. The lowest BCUT2D eigenvalue weighted by Gasteiger charge is -2.18. The van der Waals surface area contributed by atoms with Crippen LogP contribution in [0.3, 0.4) is 0 Å². The second-order valence-corrected chi connectivity index (χ2v) is 5.03. The van der Waals surface area contributed by atoms with Gasteiger partial charge in [0.25, 0.3) is 0 Å². The third-order valence-corrected chi connectivity index (χ3v) is 2.53. The number of carbonyl (C=O) groups excluding carboxylic acids is 2. The fraction of sp³-hybridized carbons (Fsp3) is 0.727. The van der Waals surface area contributed by atoms with Crippen molar-refractivity contribution in [3.63, 3.8) is 0 Å². The van der Waals surface area contributed by atoms with E-state index in [0.29, 0.717) is 5.01 Å². The van der Waals surface area contributed by atoms with Crippen molar-refractivity contribution in [1.29, 1.82) is 0 Å². The van der Waals surface area contributed by atoms with E-state index >= 15 is 0 Å². The fourth-order valence-corrected chi connectivity index (χ4v) is 1.55. The number of carbonyl (C=O) groups is 3. The first-order valence-corrected chi connectivity index (χ1v) is 6.82. The number of urea groups is 1. The molecule has 0 spiro atoms. The summed E-state index contributed by atoms with van der Waals surface area (Å²) in [5, 5.41) is 16.3. The Kier molecular flexibility index (Phi) is 9.02. The molecule has 0 aromatic carbocycles. The zero-order chi connectivity index (χ0) is 16.4. The van der Waals surface area contributed by atoms with E-state index in [-0.39, 0.29) is 24.8 Å². The van der Waals surface area contributed by atoms with Gasteiger partial charge in [-0.25, -0.2) is 9.59 Å². The molecule has 3 N–H and O–H groups in total. The van der Waals surface area contributed by atoms with Crippen LogP contribution in [-0.4, -0.2) is 53.0 Å². The van der Waals surface area contributed by atoms with Crippen LogP contribution in [0.15, 0.2) is 5.29 Å². The second-order valence-electron chi connectivity index (χ2n) is 4.65.